The van der Waals surface area contributed by atoms with Crippen molar-refractivity contribution in [1.29, 1.82) is 10.5 Å². The maximum atomic E-state index is 14.8. The number of pyridine rings is 2. The van der Waals surface area contributed by atoms with E-state index in [2.05, 4.69) is 74.7 Å². The lowest BCUT2D eigenvalue weighted by Crippen LogP contribution is -2.19. The van der Waals surface area contributed by atoms with Crippen molar-refractivity contribution in [3.63, 3.8) is 0 Å². The molecule has 8 rings (SSSR count). The van der Waals surface area contributed by atoms with Crippen molar-refractivity contribution in [3.8, 4) is 57.4 Å². The molecule has 8 aromatic rings. The summed E-state index contributed by atoms with van der Waals surface area (Å²) in [5, 5.41) is 26.4. The van der Waals surface area contributed by atoms with Crippen LogP contribution in [0.4, 0.5) is 31.5 Å². The predicted molar refractivity (Wildman–Crippen MR) is 642 cm³/mol. The Hall–Kier alpha value is 0.640. The smallest absolute Gasteiger partial charge is 0.356 e. The standard InChI is InChI=1S/C28H20BrFN4O4.C21H13BrFN3O3.C8H11NO2.S24.S23/c1-37-22-11-6-12-23(38-2)26(22)34-28(36)21-10-5-9-20(32-21)27(35)33-25-19(30)14-13-18(24(25)29)17-8-4-3-7-16(17)15-31;1-29-21(28)17-8-4-7-16(25-17)20(27)26-19-15(23)10-9-14(18(19)22)13-6-3-2-5-12(13)11-24;1-10-6-4-3-5-7(11-2)8(6)9;1-3-5-7-9-11-13-15-17-19-21-23-24-22-20-18-16-14-12-10-8-6-4-2;1-3-5-7-9-11-13-15-17-19-21-23-22-20-18-16-14-12-10-8-6-4-2/h3-14H,1-2H3,(H,33,35)(H,34,36);2-10H,1H3,(H,26,27);3-5H,9H2,1-2H3;;. The van der Waals surface area contributed by atoms with Crippen LogP contribution in [0.2, 0.25) is 0 Å². The number of amides is 3. The van der Waals surface area contributed by atoms with Gasteiger partial charge in [0.1, 0.15) is 68.8 Å². The Labute approximate surface area is 875 Å². The number of methoxy groups -OCH3 is 5. The molecule has 0 spiro atoms. The zero-order valence-corrected chi connectivity index (χ0v) is 103. The second kappa shape index (κ2) is 76.7. The van der Waals surface area contributed by atoms with Crippen LogP contribution in [0.1, 0.15) is 53.1 Å². The number of anilines is 4. The van der Waals surface area contributed by atoms with Gasteiger partial charge < -0.3 is 45.4 Å². The van der Waals surface area contributed by atoms with Crippen molar-refractivity contribution in [2.75, 3.05) is 57.2 Å². The van der Waals surface area contributed by atoms with E-state index in [1.54, 1.807) is 377 Å². The van der Waals surface area contributed by atoms with Gasteiger partial charge in [-0.3, -0.25) is 14.4 Å². The number of carbonyl (C=O) groups is 4. The van der Waals surface area contributed by atoms with E-state index in [9.17, 15) is 38.5 Å². The van der Waals surface area contributed by atoms with Gasteiger partial charge in [-0.15, -0.1) is 0 Å². The number of carbonyl (C=O) groups excluding carboxylic acids is 4. The zero-order valence-electron chi connectivity index (χ0n) is 61.1. The summed E-state index contributed by atoms with van der Waals surface area (Å²) in [6.07, 6.45) is 0. The number of hydrogen-bond acceptors (Lipinski definition) is 18. The van der Waals surface area contributed by atoms with E-state index in [0.717, 1.165) is 0 Å². The molecule has 3 amide bonds. The molecule has 0 saturated heterocycles. The molecule has 17 nitrogen and oxygen atoms in total. The lowest BCUT2D eigenvalue weighted by molar-refractivity contribution is 0.0593. The molecule has 5 N–H and O–H groups in total. The van der Waals surface area contributed by atoms with E-state index in [0.29, 0.717) is 67.8 Å². The number of halogens is 4. The number of nitrogen functional groups attached to an aromatic ring is 1. The third kappa shape index (κ3) is 49.0. The summed E-state index contributed by atoms with van der Waals surface area (Å²) in [5.74, 6) is -2.07. The molecule has 676 valence electrons. The summed E-state index contributed by atoms with van der Waals surface area (Å²) in [7, 11) is 81.7. The Morgan fingerprint density at radius 2 is 0.568 bits per heavy atom. The van der Waals surface area contributed by atoms with E-state index in [1.807, 2.05) is 68.2 Å². The molecule has 0 saturated carbocycles. The fraction of sp³-hybridized carbons (Fsp3) is 0.0877. The number of aromatic nitrogens is 2. The predicted octanol–water partition coefficient (Wildman–Crippen LogP) is 11.8. The van der Waals surface area contributed by atoms with Crippen LogP contribution in [-0.4, -0.2) is 69.2 Å². The van der Waals surface area contributed by atoms with E-state index in [1.165, 1.54) is 118 Å². The van der Waals surface area contributed by atoms with Gasteiger partial charge in [-0.05, 0) is 116 Å². The number of nitrogens with two attached hydrogens (primary N) is 1. The molecule has 6 aromatic carbocycles. The van der Waals surface area contributed by atoms with Crippen LogP contribution in [0, 0.1) is 34.3 Å². The van der Waals surface area contributed by atoms with Crippen LogP contribution in [0.5, 0.6) is 23.0 Å². The number of nitriles is 2. The first kappa shape index (κ1) is 118. The average Bonchev–Trinajstić information content (AvgIpc) is 0.797. The van der Waals surface area contributed by atoms with E-state index in [4.69, 9.17) is 69.4 Å². The van der Waals surface area contributed by atoms with Gasteiger partial charge in [-0.25, -0.2) is 23.5 Å². The molecule has 0 aliphatic heterocycles. The molecule has 68 heteroatoms. The molecule has 0 atom stereocenters. The third-order valence-corrected chi connectivity index (χ3v) is 105. The quantitative estimate of drug-likeness (QED) is 0.0618. The second-order valence-electron chi connectivity index (χ2n) is 18.6. The summed E-state index contributed by atoms with van der Waals surface area (Å²) in [4.78, 5) is 58.3. The highest BCUT2D eigenvalue weighted by atomic mass is 79.9. The molecule has 2 heterocycles. The lowest BCUT2D eigenvalue weighted by Gasteiger charge is -2.14. The number of esters is 1. The van der Waals surface area contributed by atoms with Crippen molar-refractivity contribution < 1.29 is 51.6 Å². The van der Waals surface area contributed by atoms with Crippen molar-refractivity contribution in [1.82, 2.24) is 9.97 Å². The zero-order chi connectivity index (χ0) is 90.9. The number of rotatable bonds is 13. The number of benzene rings is 6. The summed E-state index contributed by atoms with van der Waals surface area (Å²) in [6.45, 7) is 0. The number of ether oxygens (including phenoxy) is 5. The molecule has 0 fully saturated rings. The van der Waals surface area contributed by atoms with E-state index in [-0.39, 0.29) is 43.1 Å². The van der Waals surface area contributed by atoms with Crippen molar-refractivity contribution in [3.05, 3.63) is 200 Å². The van der Waals surface area contributed by atoms with Crippen LogP contribution >= 0.6 is 31.9 Å². The minimum absolute atomic E-state index is 0.0450. The summed E-state index contributed by atoms with van der Waals surface area (Å²) < 4.78 is 54.9. The van der Waals surface area contributed by atoms with Gasteiger partial charge in [0.2, 0.25) is 0 Å². The lowest BCUT2D eigenvalue weighted by atomic mass is 10.00. The maximum absolute atomic E-state index is 14.8. The molecule has 2 aromatic heterocycles. The number of nitrogens with zero attached hydrogens (tertiary/aromatic N) is 4. The Balaban J connectivity index is 0.000000342. The Bertz CT molecular complexity index is 7440. The second-order valence-corrected chi connectivity index (χ2v) is 96.2. The van der Waals surface area contributed by atoms with Crippen LogP contribution in [0.15, 0.2) is 155 Å². The fourth-order valence-corrected chi connectivity index (χ4v) is 116. The minimum Gasteiger partial charge on any atom is -0.494 e. The first-order valence-electron chi connectivity index (χ1n) is 30.2. The largest absolute Gasteiger partial charge is 0.494 e. The van der Waals surface area contributed by atoms with Gasteiger partial charge in [0.15, 0.2) is 0 Å². The SMILES string of the molecule is COC(=O)c1cccc(C(=O)Nc2c(F)ccc(-c3ccccc3C#N)c2Br)n1.COc1cccc(OC)c1N.COc1cccc(OC)c1NC(=O)c1cccc(C(=O)Nc2c(F)ccc(-c3ccccc3C#N)c2Br)n1.S=S=S=S=S=S=S=S=S=S=S=S=S=S=S=S=S=S=S=S=S=S=S.S=S=S=S=S=S=S=S=S=S=S=S=S=S=S=S=S=S=S=S=S=S=S=S. The minimum atomic E-state index is -0.736. The molecule has 0 radical (unpaired) electrons. The highest BCUT2D eigenvalue weighted by Crippen LogP contribution is 2.40. The van der Waals surface area contributed by atoms with Gasteiger partial charge >= 0.3 is 5.97 Å². The molecule has 0 aliphatic carbocycles. The van der Waals surface area contributed by atoms with Gasteiger partial charge in [0.25, 0.3) is 17.7 Å². The molecule has 0 aliphatic rings. The topological polar surface area (TPSA) is 250 Å². The van der Waals surface area contributed by atoms with Gasteiger partial charge in [0.05, 0.1) is 79.1 Å². The highest BCUT2D eigenvalue weighted by Gasteiger charge is 2.23. The summed E-state index contributed by atoms with van der Waals surface area (Å²) in [6, 6.07) is 42.3. The van der Waals surface area contributed by atoms with Crippen molar-refractivity contribution >= 4 is 505 Å². The molecule has 0 bridgehead atoms. The Morgan fingerprint density at radius 1 is 0.328 bits per heavy atom. The van der Waals surface area contributed by atoms with E-state index < -0.39 is 35.3 Å². The van der Waals surface area contributed by atoms with Gasteiger partial charge in [-0.2, -0.15) is 10.5 Å². The fourth-order valence-electron chi connectivity index (χ4n) is 7.68. The van der Waals surface area contributed by atoms with E-state index >= 15 is 0 Å². The molecular formula is C57H44Br2F2N8O9S47. The number of nitrogens with one attached hydrogen (secondary N) is 3. The number of para-hydroxylation sites is 2. The highest BCUT2D eigenvalue weighted by molar-refractivity contribution is 9.11. The van der Waals surface area contributed by atoms with Crippen LogP contribution in [0.3, 0.4) is 0 Å². The summed E-state index contributed by atoms with van der Waals surface area (Å²) in [5.41, 5.74) is 8.98. The Morgan fingerprint density at radius 3 is 0.832 bits per heavy atom. The first-order valence-corrected chi connectivity index (χ1v) is 91.8. The Kier molecular flexibility index (Phi) is 72.3. The monoisotopic (exact) mass is 2680 g/mol. The normalized spacial score (nSPS) is 9.11. The van der Waals surface area contributed by atoms with Crippen molar-refractivity contribution in [2.45, 2.75) is 0 Å². The van der Waals surface area contributed by atoms with Crippen LogP contribution in [-0.2, 0) is 431 Å². The van der Waals surface area contributed by atoms with Crippen LogP contribution in [0.25, 0.3) is 22.3 Å². The molecule has 0 unspecified atom stereocenters. The van der Waals surface area contributed by atoms with Crippen LogP contribution < -0.4 is 40.6 Å². The third-order valence-electron chi connectivity index (χ3n) is 12.2. The number of hydrogen-bond donors (Lipinski definition) is 4. The van der Waals surface area contributed by atoms with Gasteiger partial charge in [0, 0.05) is 438 Å². The summed E-state index contributed by atoms with van der Waals surface area (Å²) >= 11 is 25.8. The van der Waals surface area contributed by atoms with Gasteiger partial charge in [-0.1, -0.05) is 72.8 Å². The molecular weight excluding hydrogens is 2650 g/mol. The van der Waals surface area contributed by atoms with Crippen molar-refractivity contribution in [2.24, 2.45) is 0 Å². The molecule has 125 heavy (non-hydrogen) atoms. The average molecular weight is 2690 g/mol. The first-order chi connectivity index (χ1) is 60.9. The maximum Gasteiger partial charge on any atom is 0.356 e.